The van der Waals surface area contributed by atoms with E-state index in [2.05, 4.69) is 16.4 Å². The average molecular weight is 588 g/mol. The maximum atomic E-state index is 14.1. The number of aromatic amines is 1. The predicted molar refractivity (Wildman–Crippen MR) is 159 cm³/mol. The lowest BCUT2D eigenvalue weighted by molar-refractivity contribution is -0.141. The number of benzene rings is 2. The SMILES string of the molecule is COc1cc(C=O)cc2c1O[C@@H]1[C@@H](O)[C@H](N(CCc3cc4ccccc4[nH]3)C(=O)C3CCCC3)C=C(C(=O)NCCO)[C@H]21. The van der Waals surface area contributed by atoms with E-state index in [1.807, 2.05) is 24.3 Å². The Kier molecular flexibility index (Phi) is 8.23. The molecule has 0 unspecified atom stereocenters. The highest BCUT2D eigenvalue weighted by atomic mass is 16.5. The standard InChI is InChI=1S/C33H37N3O7/c1-42-27-15-19(18-38)14-23-28-24(32(40)34-11-13-37)17-26(29(39)31(28)43-30(23)27)36(33(41)20-6-2-3-7-20)12-10-22-16-21-8-4-5-9-25(21)35-22/h4-5,8-9,14-18,20,26,28-29,31,35,37,39H,2-3,6-7,10-13H2,1H3,(H,34,40)/t26-,28+,29+,31+/m1/s1. The summed E-state index contributed by atoms with van der Waals surface area (Å²) in [5, 5.41) is 25.1. The van der Waals surface area contributed by atoms with Gasteiger partial charge in [0.25, 0.3) is 0 Å². The third kappa shape index (κ3) is 5.41. The topological polar surface area (TPSA) is 141 Å². The fourth-order valence-corrected chi connectivity index (χ4v) is 6.88. The van der Waals surface area contributed by atoms with E-state index in [1.54, 1.807) is 23.1 Å². The molecule has 1 fully saturated rings. The lowest BCUT2D eigenvalue weighted by atomic mass is 9.77. The fraction of sp³-hybridized carbons (Fsp3) is 0.424. The fourth-order valence-electron chi connectivity index (χ4n) is 6.88. The van der Waals surface area contributed by atoms with Crippen LogP contribution in [0, 0.1) is 5.92 Å². The molecule has 2 heterocycles. The molecule has 4 N–H and O–H groups in total. The van der Waals surface area contributed by atoms with Crippen LogP contribution in [0.15, 0.2) is 54.1 Å². The molecular formula is C33H37N3O7. The predicted octanol–water partition coefficient (Wildman–Crippen LogP) is 2.87. The van der Waals surface area contributed by atoms with Crippen LogP contribution in [0.3, 0.4) is 0 Å². The number of aromatic nitrogens is 1. The Balaban J connectivity index is 1.39. The highest BCUT2D eigenvalue weighted by Gasteiger charge is 2.51. The molecule has 6 rings (SSSR count). The molecule has 0 radical (unpaired) electrons. The minimum atomic E-state index is -1.16. The third-order valence-electron chi connectivity index (χ3n) is 8.97. The van der Waals surface area contributed by atoms with Crippen LogP contribution in [0.5, 0.6) is 11.5 Å². The number of ether oxygens (including phenoxy) is 2. The molecule has 10 nitrogen and oxygen atoms in total. The monoisotopic (exact) mass is 587 g/mol. The zero-order valence-corrected chi connectivity index (χ0v) is 24.1. The zero-order valence-electron chi connectivity index (χ0n) is 24.1. The number of H-pyrrole nitrogens is 1. The molecule has 3 aliphatic rings. The van der Waals surface area contributed by atoms with Crippen LogP contribution in [-0.4, -0.2) is 83.3 Å². The van der Waals surface area contributed by atoms with Crippen LogP contribution in [-0.2, 0) is 16.0 Å². The maximum Gasteiger partial charge on any atom is 0.247 e. The molecule has 10 heteroatoms. The number of hydrogen-bond donors (Lipinski definition) is 4. The van der Waals surface area contributed by atoms with Crippen LogP contribution < -0.4 is 14.8 Å². The van der Waals surface area contributed by atoms with Gasteiger partial charge >= 0.3 is 0 Å². The lowest BCUT2D eigenvalue weighted by Crippen LogP contribution is -2.57. The molecule has 2 aliphatic carbocycles. The van der Waals surface area contributed by atoms with Crippen LogP contribution >= 0.6 is 0 Å². The Bertz CT molecular complexity index is 1520. The van der Waals surface area contributed by atoms with Crippen molar-refractivity contribution in [1.82, 2.24) is 15.2 Å². The number of carbonyl (C=O) groups excluding carboxylic acids is 3. The number of nitrogens with zero attached hydrogens (tertiary/aromatic N) is 1. The average Bonchev–Trinajstić information content (AvgIpc) is 3.79. The number of aliphatic hydroxyl groups excluding tert-OH is 2. The summed E-state index contributed by atoms with van der Waals surface area (Å²) in [5.41, 5.74) is 3.20. The first-order valence-electron chi connectivity index (χ1n) is 14.9. The van der Waals surface area contributed by atoms with Crippen LogP contribution in [0.2, 0.25) is 0 Å². The molecule has 43 heavy (non-hydrogen) atoms. The molecule has 1 aromatic heterocycles. The smallest absolute Gasteiger partial charge is 0.247 e. The Morgan fingerprint density at radius 3 is 2.70 bits per heavy atom. The first-order valence-corrected chi connectivity index (χ1v) is 14.9. The minimum Gasteiger partial charge on any atom is -0.493 e. The summed E-state index contributed by atoms with van der Waals surface area (Å²) in [6.45, 7) is 0.123. The summed E-state index contributed by atoms with van der Waals surface area (Å²) >= 11 is 0. The summed E-state index contributed by atoms with van der Waals surface area (Å²) in [6.07, 6.45) is 4.37. The van der Waals surface area contributed by atoms with E-state index >= 15 is 0 Å². The highest BCUT2D eigenvalue weighted by molar-refractivity contribution is 5.96. The van der Waals surface area contributed by atoms with Crippen molar-refractivity contribution in [3.05, 3.63) is 70.9 Å². The van der Waals surface area contributed by atoms with Crippen molar-refractivity contribution in [3.63, 3.8) is 0 Å². The number of aldehydes is 1. The normalized spacial score (nSPS) is 22.8. The molecule has 0 spiro atoms. The van der Waals surface area contributed by atoms with E-state index in [-0.39, 0.29) is 25.0 Å². The van der Waals surface area contributed by atoms with Gasteiger partial charge in [-0.25, -0.2) is 0 Å². The summed E-state index contributed by atoms with van der Waals surface area (Å²) in [5.74, 6) is -0.646. The molecule has 2 aromatic carbocycles. The summed E-state index contributed by atoms with van der Waals surface area (Å²) in [6, 6.07) is 12.4. The molecule has 1 saturated carbocycles. The van der Waals surface area contributed by atoms with E-state index in [1.165, 1.54) is 7.11 Å². The second-order valence-corrected chi connectivity index (χ2v) is 11.5. The Labute approximate surface area is 249 Å². The molecular weight excluding hydrogens is 550 g/mol. The van der Waals surface area contributed by atoms with E-state index in [0.29, 0.717) is 47.5 Å². The summed E-state index contributed by atoms with van der Waals surface area (Å²) < 4.78 is 11.8. The number of amides is 2. The third-order valence-corrected chi connectivity index (χ3v) is 8.97. The largest absolute Gasteiger partial charge is 0.493 e. The van der Waals surface area contributed by atoms with Gasteiger partial charge in [-0.3, -0.25) is 14.4 Å². The number of aliphatic hydroxyl groups is 2. The molecule has 0 saturated heterocycles. The van der Waals surface area contributed by atoms with Gasteiger partial charge in [0.1, 0.15) is 18.5 Å². The van der Waals surface area contributed by atoms with Crippen molar-refractivity contribution in [1.29, 1.82) is 0 Å². The molecule has 3 aromatic rings. The van der Waals surface area contributed by atoms with Crippen molar-refractivity contribution >= 4 is 29.0 Å². The Morgan fingerprint density at radius 2 is 1.98 bits per heavy atom. The molecule has 1 aliphatic heterocycles. The summed E-state index contributed by atoms with van der Waals surface area (Å²) in [4.78, 5) is 44.5. The first-order chi connectivity index (χ1) is 20.9. The van der Waals surface area contributed by atoms with E-state index in [0.717, 1.165) is 42.3 Å². The quantitative estimate of drug-likeness (QED) is 0.267. The molecule has 4 atom stereocenters. The number of para-hydroxylation sites is 1. The summed E-state index contributed by atoms with van der Waals surface area (Å²) in [7, 11) is 1.46. The lowest BCUT2D eigenvalue weighted by Gasteiger charge is -2.41. The zero-order chi connectivity index (χ0) is 30.1. The van der Waals surface area contributed by atoms with Gasteiger partial charge in [0, 0.05) is 53.3 Å². The number of methoxy groups -OCH3 is 1. The van der Waals surface area contributed by atoms with Crippen molar-refractivity contribution in [2.75, 3.05) is 26.8 Å². The van der Waals surface area contributed by atoms with Gasteiger partial charge in [0.15, 0.2) is 11.5 Å². The van der Waals surface area contributed by atoms with E-state index < -0.39 is 30.1 Å². The minimum absolute atomic E-state index is 0.0390. The van der Waals surface area contributed by atoms with Crippen molar-refractivity contribution in [2.45, 2.75) is 56.3 Å². The number of nitrogens with one attached hydrogen (secondary N) is 2. The van der Waals surface area contributed by atoms with Gasteiger partial charge in [-0.1, -0.05) is 31.0 Å². The Morgan fingerprint density at radius 1 is 1.19 bits per heavy atom. The van der Waals surface area contributed by atoms with Crippen molar-refractivity contribution in [2.24, 2.45) is 5.92 Å². The number of rotatable bonds is 10. The second kappa shape index (κ2) is 12.2. The van der Waals surface area contributed by atoms with E-state index in [4.69, 9.17) is 9.47 Å². The maximum absolute atomic E-state index is 14.1. The van der Waals surface area contributed by atoms with Gasteiger partial charge in [-0.2, -0.15) is 0 Å². The molecule has 0 bridgehead atoms. The van der Waals surface area contributed by atoms with Crippen molar-refractivity contribution in [3.8, 4) is 11.5 Å². The van der Waals surface area contributed by atoms with Gasteiger partial charge in [-0.15, -0.1) is 0 Å². The van der Waals surface area contributed by atoms with Crippen LogP contribution in [0.4, 0.5) is 0 Å². The van der Waals surface area contributed by atoms with Crippen LogP contribution in [0.25, 0.3) is 10.9 Å². The number of hydrogen-bond acceptors (Lipinski definition) is 7. The first kappa shape index (κ1) is 28.9. The van der Waals surface area contributed by atoms with Gasteiger partial charge in [0.2, 0.25) is 11.8 Å². The second-order valence-electron chi connectivity index (χ2n) is 11.5. The Hall–Kier alpha value is -4.15. The van der Waals surface area contributed by atoms with E-state index in [9.17, 15) is 24.6 Å². The van der Waals surface area contributed by atoms with Gasteiger partial charge < -0.3 is 34.9 Å². The van der Waals surface area contributed by atoms with Gasteiger partial charge in [-0.05, 0) is 48.6 Å². The number of fused-ring (bicyclic) bond motifs is 4. The highest BCUT2D eigenvalue weighted by Crippen LogP contribution is 2.51. The van der Waals surface area contributed by atoms with Gasteiger partial charge in [0.05, 0.1) is 25.7 Å². The molecule has 2 amide bonds. The van der Waals surface area contributed by atoms with Crippen molar-refractivity contribution < 1.29 is 34.1 Å². The molecule has 226 valence electrons. The van der Waals surface area contributed by atoms with Crippen LogP contribution in [0.1, 0.15) is 53.2 Å². The number of carbonyl (C=O) groups is 3.